The number of hydrazine groups is 1. The van der Waals surface area contributed by atoms with Crippen molar-refractivity contribution < 1.29 is 18.0 Å². The van der Waals surface area contributed by atoms with Crippen molar-refractivity contribution in [2.75, 3.05) is 12.4 Å². The number of amides is 2. The molecule has 20 heavy (non-hydrogen) atoms. The fourth-order valence-corrected chi connectivity index (χ4v) is 1.34. The summed E-state index contributed by atoms with van der Waals surface area (Å²) in [6.07, 6.45) is -4.52. The second kappa shape index (κ2) is 6.62. The van der Waals surface area contributed by atoms with Crippen LogP contribution in [0, 0.1) is 0 Å². The van der Waals surface area contributed by atoms with E-state index in [1.54, 1.807) is 0 Å². The molecule has 0 saturated heterocycles. The molecular formula is C10H10ClF3N4OS. The van der Waals surface area contributed by atoms with Gasteiger partial charge in [-0.2, -0.15) is 13.2 Å². The van der Waals surface area contributed by atoms with Crippen LogP contribution < -0.4 is 21.5 Å². The van der Waals surface area contributed by atoms with Gasteiger partial charge in [0.05, 0.1) is 16.3 Å². The third kappa shape index (κ3) is 4.74. The molecule has 0 aromatic heterocycles. The monoisotopic (exact) mass is 326 g/mol. The van der Waals surface area contributed by atoms with E-state index in [-0.39, 0.29) is 15.8 Å². The molecule has 0 aliphatic carbocycles. The van der Waals surface area contributed by atoms with E-state index in [0.717, 1.165) is 18.2 Å². The smallest absolute Gasteiger partial charge is 0.364 e. The van der Waals surface area contributed by atoms with Crippen molar-refractivity contribution in [3.63, 3.8) is 0 Å². The van der Waals surface area contributed by atoms with Gasteiger partial charge in [-0.15, -0.1) is 0 Å². The van der Waals surface area contributed by atoms with Crippen molar-refractivity contribution in [1.82, 2.24) is 16.2 Å². The maximum absolute atomic E-state index is 12.5. The number of benzene rings is 1. The van der Waals surface area contributed by atoms with E-state index >= 15 is 0 Å². The number of anilines is 1. The number of hydrogen-bond donors (Lipinski definition) is 4. The molecule has 4 N–H and O–H groups in total. The Morgan fingerprint density at radius 2 is 1.95 bits per heavy atom. The summed E-state index contributed by atoms with van der Waals surface area (Å²) in [6, 6.07) is 1.79. The Labute approximate surface area is 122 Å². The summed E-state index contributed by atoms with van der Waals surface area (Å²) >= 11 is 10.4. The number of hydrogen-bond acceptors (Lipinski definition) is 2. The van der Waals surface area contributed by atoms with Crippen LogP contribution in [0.15, 0.2) is 18.2 Å². The molecule has 0 aliphatic heterocycles. The van der Waals surface area contributed by atoms with E-state index in [9.17, 15) is 18.0 Å². The number of nitrogens with one attached hydrogen (secondary N) is 4. The summed E-state index contributed by atoms with van der Waals surface area (Å²) in [5, 5.41) is 4.81. The number of rotatable bonds is 1. The molecule has 0 saturated carbocycles. The molecule has 0 spiro atoms. The van der Waals surface area contributed by atoms with Gasteiger partial charge in [0.1, 0.15) is 0 Å². The molecule has 0 aliphatic rings. The lowest BCUT2D eigenvalue weighted by Gasteiger charge is -2.13. The van der Waals surface area contributed by atoms with Crippen molar-refractivity contribution >= 4 is 40.6 Å². The van der Waals surface area contributed by atoms with Crippen LogP contribution in [0.25, 0.3) is 0 Å². The molecule has 5 nitrogen and oxygen atoms in total. The average Bonchev–Trinajstić information content (AvgIpc) is 2.37. The lowest BCUT2D eigenvalue weighted by atomic mass is 10.2. The normalized spacial score (nSPS) is 10.7. The first-order valence-corrected chi connectivity index (χ1v) is 5.94. The Bertz CT molecular complexity index is 524. The van der Waals surface area contributed by atoms with E-state index in [1.165, 1.54) is 7.05 Å². The number of urea groups is 1. The molecule has 2 amide bonds. The van der Waals surface area contributed by atoms with Crippen molar-refractivity contribution in [1.29, 1.82) is 0 Å². The second-order valence-electron chi connectivity index (χ2n) is 3.48. The standard InChI is InChI=1S/C10H10ClF3N4OS/c1-15-9(20)18-17-8(19)16-7-4-5(10(12,13)14)2-3-6(7)11/h2-4H,1H3,(H2,15,18,20)(H2,16,17,19). The molecular weight excluding hydrogens is 317 g/mol. The van der Waals surface area contributed by atoms with Crippen LogP contribution in [0.4, 0.5) is 23.7 Å². The molecule has 1 aromatic carbocycles. The highest BCUT2D eigenvalue weighted by Crippen LogP contribution is 2.33. The quantitative estimate of drug-likeness (QED) is 0.473. The first-order valence-electron chi connectivity index (χ1n) is 5.15. The topological polar surface area (TPSA) is 65.2 Å². The Morgan fingerprint density at radius 3 is 2.50 bits per heavy atom. The van der Waals surface area contributed by atoms with Gasteiger partial charge in [0.25, 0.3) is 0 Å². The third-order valence-corrected chi connectivity index (χ3v) is 2.69. The van der Waals surface area contributed by atoms with Crippen LogP contribution in [0.2, 0.25) is 5.02 Å². The first kappa shape index (κ1) is 16.3. The first-order chi connectivity index (χ1) is 9.24. The summed E-state index contributed by atoms with van der Waals surface area (Å²) < 4.78 is 37.6. The number of carbonyl (C=O) groups is 1. The maximum atomic E-state index is 12.5. The Morgan fingerprint density at radius 1 is 1.30 bits per heavy atom. The van der Waals surface area contributed by atoms with Gasteiger partial charge in [-0.1, -0.05) is 11.6 Å². The summed E-state index contributed by atoms with van der Waals surface area (Å²) in [5.74, 6) is 0. The number of halogens is 4. The molecule has 0 atom stereocenters. The summed E-state index contributed by atoms with van der Waals surface area (Å²) in [4.78, 5) is 11.4. The van der Waals surface area contributed by atoms with Gasteiger partial charge < -0.3 is 10.6 Å². The lowest BCUT2D eigenvalue weighted by Crippen LogP contribution is -2.47. The van der Waals surface area contributed by atoms with E-state index in [1.807, 2.05) is 0 Å². The fraction of sp³-hybridized carbons (Fsp3) is 0.200. The van der Waals surface area contributed by atoms with Crippen LogP contribution in [-0.4, -0.2) is 18.2 Å². The second-order valence-corrected chi connectivity index (χ2v) is 4.29. The predicted octanol–water partition coefficient (Wildman–Crippen LogP) is 2.49. The zero-order valence-corrected chi connectivity index (χ0v) is 11.6. The molecule has 0 radical (unpaired) electrons. The van der Waals surface area contributed by atoms with E-state index in [2.05, 4.69) is 21.5 Å². The summed E-state index contributed by atoms with van der Waals surface area (Å²) in [5.41, 5.74) is 3.34. The van der Waals surface area contributed by atoms with Gasteiger partial charge in [-0.3, -0.25) is 5.43 Å². The van der Waals surface area contributed by atoms with Gasteiger partial charge in [-0.25, -0.2) is 10.2 Å². The van der Waals surface area contributed by atoms with Crippen LogP contribution in [0.1, 0.15) is 5.56 Å². The summed E-state index contributed by atoms with van der Waals surface area (Å²) in [6.45, 7) is 0. The van der Waals surface area contributed by atoms with Gasteiger partial charge >= 0.3 is 12.2 Å². The Kier molecular flexibility index (Phi) is 5.40. The SMILES string of the molecule is CNC(=S)NNC(=O)Nc1cc(C(F)(F)F)ccc1Cl. The highest BCUT2D eigenvalue weighted by molar-refractivity contribution is 7.80. The summed E-state index contributed by atoms with van der Waals surface area (Å²) in [7, 11) is 1.53. The van der Waals surface area contributed by atoms with Gasteiger partial charge in [0.15, 0.2) is 5.11 Å². The maximum Gasteiger partial charge on any atom is 0.416 e. The average molecular weight is 327 g/mol. The fourth-order valence-electron chi connectivity index (χ4n) is 1.13. The largest absolute Gasteiger partial charge is 0.416 e. The highest BCUT2D eigenvalue weighted by atomic mass is 35.5. The predicted molar refractivity (Wildman–Crippen MR) is 73.4 cm³/mol. The molecule has 1 rings (SSSR count). The number of alkyl halides is 3. The number of carbonyl (C=O) groups excluding carboxylic acids is 1. The van der Waals surface area contributed by atoms with Crippen LogP contribution in [0.3, 0.4) is 0 Å². The van der Waals surface area contributed by atoms with Crippen LogP contribution in [-0.2, 0) is 6.18 Å². The van der Waals surface area contributed by atoms with Gasteiger partial charge in [0, 0.05) is 7.05 Å². The van der Waals surface area contributed by atoms with Gasteiger partial charge in [-0.05, 0) is 30.4 Å². The minimum absolute atomic E-state index is 0.0238. The van der Waals surface area contributed by atoms with E-state index in [0.29, 0.717) is 0 Å². The zero-order chi connectivity index (χ0) is 15.3. The Hall–Kier alpha value is -1.74. The van der Waals surface area contributed by atoms with Crippen molar-refractivity contribution in [2.24, 2.45) is 0 Å². The molecule has 0 bridgehead atoms. The lowest BCUT2D eigenvalue weighted by molar-refractivity contribution is -0.137. The molecule has 0 heterocycles. The van der Waals surface area contributed by atoms with E-state index in [4.69, 9.17) is 23.8 Å². The van der Waals surface area contributed by atoms with Crippen molar-refractivity contribution in [3.8, 4) is 0 Å². The van der Waals surface area contributed by atoms with Crippen molar-refractivity contribution in [3.05, 3.63) is 28.8 Å². The molecule has 0 unspecified atom stereocenters. The third-order valence-electron chi connectivity index (χ3n) is 2.06. The highest BCUT2D eigenvalue weighted by Gasteiger charge is 2.31. The van der Waals surface area contributed by atoms with Crippen LogP contribution in [0.5, 0.6) is 0 Å². The molecule has 10 heteroatoms. The molecule has 110 valence electrons. The molecule has 1 aromatic rings. The number of thiocarbonyl (C=S) groups is 1. The van der Waals surface area contributed by atoms with Crippen LogP contribution >= 0.6 is 23.8 Å². The van der Waals surface area contributed by atoms with Gasteiger partial charge in [0.2, 0.25) is 0 Å². The minimum atomic E-state index is -4.52. The molecule has 0 fully saturated rings. The van der Waals surface area contributed by atoms with E-state index < -0.39 is 17.8 Å². The van der Waals surface area contributed by atoms with Crippen molar-refractivity contribution in [2.45, 2.75) is 6.18 Å². The minimum Gasteiger partial charge on any atom is -0.364 e. The Balaban J connectivity index is 2.76. The zero-order valence-electron chi connectivity index (χ0n) is 10.1.